The predicted octanol–water partition coefficient (Wildman–Crippen LogP) is 0.0829. The minimum Gasteiger partial charge on any atom is -0.347 e. The Morgan fingerprint density at radius 1 is 1.39 bits per heavy atom. The SMILES string of the molecule is CN(C)c1nn(C(=O)NC[Si](C)(C)C)c(=O)n1C. The van der Waals surface area contributed by atoms with Crippen molar-refractivity contribution in [2.75, 3.05) is 25.2 Å². The van der Waals surface area contributed by atoms with Gasteiger partial charge in [-0.3, -0.25) is 4.57 Å². The molecule has 8 heteroatoms. The van der Waals surface area contributed by atoms with E-state index in [4.69, 9.17) is 0 Å². The summed E-state index contributed by atoms with van der Waals surface area (Å²) in [6.45, 7) is 6.42. The maximum atomic E-state index is 11.9. The summed E-state index contributed by atoms with van der Waals surface area (Å²) in [5.41, 5.74) is -0.438. The van der Waals surface area contributed by atoms with Gasteiger partial charge in [0.25, 0.3) is 0 Å². The molecule has 0 spiro atoms. The van der Waals surface area contributed by atoms with Crippen LogP contribution in [-0.2, 0) is 7.05 Å². The summed E-state index contributed by atoms with van der Waals surface area (Å²) >= 11 is 0. The van der Waals surface area contributed by atoms with Gasteiger partial charge in [-0.05, 0) is 0 Å². The number of nitrogens with zero attached hydrogens (tertiary/aromatic N) is 4. The molecule has 0 aromatic carbocycles. The van der Waals surface area contributed by atoms with Crippen LogP contribution in [0, 0.1) is 0 Å². The van der Waals surface area contributed by atoms with Crippen molar-refractivity contribution >= 4 is 20.1 Å². The van der Waals surface area contributed by atoms with E-state index in [1.807, 2.05) is 0 Å². The Morgan fingerprint density at radius 2 is 1.94 bits per heavy atom. The molecule has 1 rings (SSSR count). The second kappa shape index (κ2) is 4.97. The van der Waals surface area contributed by atoms with Crippen molar-refractivity contribution in [1.29, 1.82) is 0 Å². The van der Waals surface area contributed by atoms with Gasteiger partial charge in [0.1, 0.15) is 0 Å². The molecule has 0 saturated heterocycles. The third kappa shape index (κ3) is 3.22. The van der Waals surface area contributed by atoms with E-state index >= 15 is 0 Å². The van der Waals surface area contributed by atoms with Crippen LogP contribution in [0.15, 0.2) is 4.79 Å². The molecule has 102 valence electrons. The quantitative estimate of drug-likeness (QED) is 0.791. The number of carbonyl (C=O) groups is 1. The van der Waals surface area contributed by atoms with Gasteiger partial charge in [-0.25, -0.2) is 9.59 Å². The Hall–Kier alpha value is -1.57. The Bertz CT molecular complexity index is 497. The predicted molar refractivity (Wildman–Crippen MR) is 73.9 cm³/mol. The van der Waals surface area contributed by atoms with Crippen LogP contribution < -0.4 is 15.9 Å². The Kier molecular flexibility index (Phi) is 4.00. The van der Waals surface area contributed by atoms with E-state index in [1.54, 1.807) is 26.0 Å². The van der Waals surface area contributed by atoms with E-state index in [0.29, 0.717) is 12.1 Å². The number of aromatic nitrogens is 3. The van der Waals surface area contributed by atoms with E-state index in [9.17, 15) is 9.59 Å². The van der Waals surface area contributed by atoms with Crippen LogP contribution in [0.4, 0.5) is 10.7 Å². The van der Waals surface area contributed by atoms with Crippen molar-refractivity contribution in [3.8, 4) is 0 Å². The minimum absolute atomic E-state index is 0.438. The molecule has 0 aliphatic rings. The van der Waals surface area contributed by atoms with Gasteiger partial charge < -0.3 is 10.2 Å². The maximum absolute atomic E-state index is 11.9. The summed E-state index contributed by atoms with van der Waals surface area (Å²) in [6.07, 6.45) is 0.617. The van der Waals surface area contributed by atoms with Gasteiger partial charge in [-0.15, -0.1) is 9.78 Å². The molecule has 0 bridgehead atoms. The zero-order valence-corrected chi connectivity index (χ0v) is 12.8. The second-order valence-electron chi connectivity index (χ2n) is 5.67. The molecule has 0 radical (unpaired) electrons. The smallest absolute Gasteiger partial charge is 0.347 e. The molecular formula is C10H21N5O2Si. The largest absolute Gasteiger partial charge is 0.355 e. The first kappa shape index (κ1) is 14.5. The zero-order chi connectivity index (χ0) is 14.1. The molecule has 0 saturated carbocycles. The van der Waals surface area contributed by atoms with Gasteiger partial charge in [0.05, 0.1) is 8.07 Å². The van der Waals surface area contributed by atoms with E-state index in [1.165, 1.54) is 4.57 Å². The molecule has 1 heterocycles. The summed E-state index contributed by atoms with van der Waals surface area (Å²) in [6, 6.07) is -0.467. The molecule has 0 fully saturated rings. The molecule has 0 aliphatic heterocycles. The summed E-state index contributed by atoms with van der Waals surface area (Å²) in [5.74, 6) is 0.447. The highest BCUT2D eigenvalue weighted by Crippen LogP contribution is 2.01. The molecule has 0 atom stereocenters. The van der Waals surface area contributed by atoms with Gasteiger partial charge in [-0.2, -0.15) is 0 Å². The molecule has 0 unspecified atom stereocenters. The highest BCUT2D eigenvalue weighted by atomic mass is 28.3. The molecule has 7 nitrogen and oxygen atoms in total. The van der Waals surface area contributed by atoms with Gasteiger partial charge in [0.2, 0.25) is 5.95 Å². The number of hydrogen-bond donors (Lipinski definition) is 1. The minimum atomic E-state index is -1.39. The monoisotopic (exact) mass is 271 g/mol. The maximum Gasteiger partial charge on any atom is 0.355 e. The number of anilines is 1. The highest BCUT2D eigenvalue weighted by Gasteiger charge is 2.19. The van der Waals surface area contributed by atoms with Crippen molar-refractivity contribution in [3.63, 3.8) is 0 Å². The lowest BCUT2D eigenvalue weighted by molar-refractivity contribution is 0.240. The first-order valence-electron chi connectivity index (χ1n) is 5.75. The van der Waals surface area contributed by atoms with Gasteiger partial charge in [0.15, 0.2) is 0 Å². The van der Waals surface area contributed by atoms with Gasteiger partial charge in [-0.1, -0.05) is 19.6 Å². The molecule has 1 aromatic rings. The lowest BCUT2D eigenvalue weighted by Gasteiger charge is -2.15. The van der Waals surface area contributed by atoms with Crippen molar-refractivity contribution in [3.05, 3.63) is 10.5 Å². The van der Waals surface area contributed by atoms with Crippen molar-refractivity contribution in [2.45, 2.75) is 19.6 Å². The third-order valence-corrected chi connectivity index (χ3v) is 3.56. The van der Waals surface area contributed by atoms with E-state index in [-0.39, 0.29) is 0 Å². The number of amides is 1. The molecule has 18 heavy (non-hydrogen) atoms. The number of carbonyl (C=O) groups excluding carboxylic acids is 1. The molecule has 0 aliphatic carbocycles. The Balaban J connectivity index is 2.94. The fourth-order valence-electron chi connectivity index (χ4n) is 1.36. The first-order valence-corrected chi connectivity index (χ1v) is 9.46. The third-order valence-electron chi connectivity index (χ3n) is 2.32. The summed E-state index contributed by atoms with van der Waals surface area (Å²) in [7, 11) is 3.74. The molecule has 1 N–H and O–H groups in total. The second-order valence-corrected chi connectivity index (χ2v) is 11.1. The van der Waals surface area contributed by atoms with Gasteiger partial charge in [0, 0.05) is 27.3 Å². The summed E-state index contributed by atoms with van der Waals surface area (Å²) < 4.78 is 2.21. The zero-order valence-electron chi connectivity index (χ0n) is 11.8. The fourth-order valence-corrected chi connectivity index (χ4v) is 2.05. The number of nitrogens with one attached hydrogen (secondary N) is 1. The molecular weight excluding hydrogens is 250 g/mol. The fraction of sp³-hybridized carbons (Fsp3) is 0.700. The summed E-state index contributed by atoms with van der Waals surface area (Å²) in [4.78, 5) is 25.4. The average Bonchev–Trinajstić information content (AvgIpc) is 2.52. The Labute approximate surface area is 107 Å². The molecule has 1 amide bonds. The highest BCUT2D eigenvalue weighted by molar-refractivity contribution is 6.76. The standard InChI is InChI=1S/C10H21N5O2Si/c1-13(2)8-12-15(10(17)14(8)3)9(16)11-7-18(4,5)6/h7H2,1-6H3,(H,11,16). The van der Waals surface area contributed by atoms with Crippen LogP contribution in [0.1, 0.15) is 0 Å². The average molecular weight is 271 g/mol. The summed E-state index contributed by atoms with van der Waals surface area (Å²) in [5, 5.41) is 6.76. The van der Waals surface area contributed by atoms with Crippen LogP contribution in [0.25, 0.3) is 0 Å². The van der Waals surface area contributed by atoms with Crippen molar-refractivity contribution in [1.82, 2.24) is 19.7 Å². The van der Waals surface area contributed by atoms with Crippen LogP contribution >= 0.6 is 0 Å². The normalized spacial score (nSPS) is 11.4. The molecule has 1 aromatic heterocycles. The van der Waals surface area contributed by atoms with Crippen LogP contribution in [0.2, 0.25) is 19.6 Å². The van der Waals surface area contributed by atoms with Crippen LogP contribution in [-0.4, -0.2) is 48.7 Å². The lowest BCUT2D eigenvalue weighted by Crippen LogP contribution is -2.44. The van der Waals surface area contributed by atoms with Gasteiger partial charge >= 0.3 is 11.7 Å². The van der Waals surface area contributed by atoms with Crippen LogP contribution in [0.5, 0.6) is 0 Å². The topological polar surface area (TPSA) is 72.2 Å². The number of rotatable bonds is 3. The van der Waals surface area contributed by atoms with Crippen molar-refractivity contribution in [2.24, 2.45) is 7.05 Å². The number of hydrogen-bond acceptors (Lipinski definition) is 4. The van der Waals surface area contributed by atoms with E-state index in [2.05, 4.69) is 30.1 Å². The van der Waals surface area contributed by atoms with Crippen molar-refractivity contribution < 1.29 is 4.79 Å². The lowest BCUT2D eigenvalue weighted by atomic mass is 10.8. The van der Waals surface area contributed by atoms with E-state index < -0.39 is 19.8 Å². The Morgan fingerprint density at radius 3 is 2.33 bits per heavy atom. The van der Waals surface area contributed by atoms with Crippen LogP contribution in [0.3, 0.4) is 0 Å². The van der Waals surface area contributed by atoms with E-state index in [0.717, 1.165) is 4.68 Å². The first-order chi connectivity index (χ1) is 8.13.